The van der Waals surface area contributed by atoms with Gasteiger partial charge in [-0.1, -0.05) is 35.4 Å². The average Bonchev–Trinajstić information content (AvgIpc) is 2.92. The largest absolute Gasteiger partial charge is 0.465 e. The summed E-state index contributed by atoms with van der Waals surface area (Å²) in [7, 11) is 1.40. The molecule has 2 unspecified atom stereocenters. The SMILES string of the molecule is CCOC(=O)C1C=CC=C(Cl)C1(Cl)NC(=O)c1cn(C)nc1C(F)F. The summed E-state index contributed by atoms with van der Waals surface area (Å²) in [4.78, 5) is 22.8. The first-order valence-electron chi connectivity index (χ1n) is 7.24. The van der Waals surface area contributed by atoms with Gasteiger partial charge in [0.15, 0.2) is 5.00 Å². The first kappa shape index (κ1) is 19.4. The molecule has 1 heterocycles. The molecule has 1 aromatic heterocycles. The van der Waals surface area contributed by atoms with E-state index in [2.05, 4.69) is 10.4 Å². The van der Waals surface area contributed by atoms with Crippen molar-refractivity contribution in [3.8, 4) is 0 Å². The Morgan fingerprint density at radius 1 is 1.52 bits per heavy atom. The lowest BCUT2D eigenvalue weighted by molar-refractivity contribution is -0.147. The number of allylic oxidation sites excluding steroid dienone is 2. The monoisotopic (exact) mass is 393 g/mol. The maximum atomic E-state index is 13.0. The van der Waals surface area contributed by atoms with Crippen LogP contribution in [0.4, 0.5) is 8.78 Å². The minimum absolute atomic E-state index is 0.0504. The van der Waals surface area contributed by atoms with Crippen LogP contribution < -0.4 is 5.32 Å². The van der Waals surface area contributed by atoms with Crippen LogP contribution in [0.25, 0.3) is 0 Å². The second kappa shape index (κ2) is 7.53. The van der Waals surface area contributed by atoms with Crippen LogP contribution in [0.3, 0.4) is 0 Å². The van der Waals surface area contributed by atoms with Gasteiger partial charge in [0.05, 0.1) is 17.2 Å². The molecule has 2 rings (SSSR count). The first-order chi connectivity index (χ1) is 11.7. The molecule has 0 aliphatic heterocycles. The Morgan fingerprint density at radius 2 is 2.20 bits per heavy atom. The van der Waals surface area contributed by atoms with Crippen LogP contribution in [0.1, 0.15) is 29.4 Å². The molecule has 0 saturated carbocycles. The van der Waals surface area contributed by atoms with Gasteiger partial charge in [-0.2, -0.15) is 5.10 Å². The molecular formula is C15H15Cl2F2N3O3. The molecule has 1 aliphatic rings. The lowest BCUT2D eigenvalue weighted by Crippen LogP contribution is -2.53. The molecule has 0 spiro atoms. The van der Waals surface area contributed by atoms with Crippen molar-refractivity contribution >= 4 is 35.1 Å². The van der Waals surface area contributed by atoms with Crippen molar-refractivity contribution in [2.75, 3.05) is 6.61 Å². The highest BCUT2D eigenvalue weighted by atomic mass is 35.5. The van der Waals surface area contributed by atoms with Gasteiger partial charge in [0.2, 0.25) is 0 Å². The molecule has 0 bridgehead atoms. The third kappa shape index (κ3) is 3.85. The smallest absolute Gasteiger partial charge is 0.316 e. The van der Waals surface area contributed by atoms with E-state index >= 15 is 0 Å². The van der Waals surface area contributed by atoms with E-state index in [4.69, 9.17) is 27.9 Å². The van der Waals surface area contributed by atoms with Gasteiger partial charge in [-0.25, -0.2) is 8.78 Å². The van der Waals surface area contributed by atoms with Crippen LogP contribution in [-0.2, 0) is 16.6 Å². The number of hydrogen-bond acceptors (Lipinski definition) is 4. The molecule has 136 valence electrons. The third-order valence-corrected chi connectivity index (χ3v) is 4.52. The number of hydrogen-bond donors (Lipinski definition) is 1. The van der Waals surface area contributed by atoms with Gasteiger partial charge in [0, 0.05) is 13.2 Å². The molecule has 1 aromatic rings. The third-order valence-electron chi connectivity index (χ3n) is 3.47. The number of rotatable bonds is 5. The number of amides is 1. The number of halogens is 4. The van der Waals surface area contributed by atoms with Crippen LogP contribution in [0.15, 0.2) is 29.5 Å². The number of carbonyl (C=O) groups is 2. The molecule has 0 aromatic carbocycles. The average molecular weight is 394 g/mol. The Labute approximate surface area is 152 Å². The lowest BCUT2D eigenvalue weighted by atomic mass is 9.93. The van der Waals surface area contributed by atoms with Gasteiger partial charge in [-0.3, -0.25) is 14.3 Å². The Hall–Kier alpha value is -1.93. The summed E-state index contributed by atoms with van der Waals surface area (Å²) < 4.78 is 32.1. The first-order valence-corrected chi connectivity index (χ1v) is 8.00. The van der Waals surface area contributed by atoms with E-state index in [1.165, 1.54) is 25.3 Å². The highest BCUT2D eigenvalue weighted by molar-refractivity contribution is 6.41. The minimum Gasteiger partial charge on any atom is -0.465 e. The molecule has 6 nitrogen and oxygen atoms in total. The normalized spacial score (nSPS) is 22.7. The zero-order valence-electron chi connectivity index (χ0n) is 13.3. The van der Waals surface area contributed by atoms with E-state index in [1.807, 2.05) is 0 Å². The van der Waals surface area contributed by atoms with Crippen LogP contribution in [0.5, 0.6) is 0 Å². The summed E-state index contributed by atoms with van der Waals surface area (Å²) in [6.45, 7) is 1.71. The fourth-order valence-electron chi connectivity index (χ4n) is 2.34. The van der Waals surface area contributed by atoms with Gasteiger partial charge in [0.25, 0.3) is 12.3 Å². The van der Waals surface area contributed by atoms with Crippen molar-refractivity contribution < 1.29 is 23.1 Å². The van der Waals surface area contributed by atoms with E-state index < -0.39 is 34.9 Å². The van der Waals surface area contributed by atoms with Crippen molar-refractivity contribution in [2.24, 2.45) is 13.0 Å². The molecule has 1 N–H and O–H groups in total. The predicted octanol–water partition coefficient (Wildman–Crippen LogP) is 2.89. The van der Waals surface area contributed by atoms with Crippen LogP contribution in [0, 0.1) is 5.92 Å². The Kier molecular flexibility index (Phi) is 5.84. The van der Waals surface area contributed by atoms with E-state index in [-0.39, 0.29) is 17.2 Å². The van der Waals surface area contributed by atoms with Crippen molar-refractivity contribution in [1.82, 2.24) is 15.1 Å². The van der Waals surface area contributed by atoms with Crippen molar-refractivity contribution in [3.63, 3.8) is 0 Å². The zero-order chi connectivity index (χ0) is 18.8. The second-order valence-electron chi connectivity index (χ2n) is 5.20. The fourth-order valence-corrected chi connectivity index (χ4v) is 2.89. The van der Waals surface area contributed by atoms with Gasteiger partial charge in [0.1, 0.15) is 11.6 Å². The maximum Gasteiger partial charge on any atom is 0.316 e. The van der Waals surface area contributed by atoms with Gasteiger partial charge in [-0.05, 0) is 13.0 Å². The van der Waals surface area contributed by atoms with E-state index in [1.54, 1.807) is 6.92 Å². The Bertz CT molecular complexity index is 748. The number of aryl methyl sites for hydroxylation is 1. The molecule has 2 atom stereocenters. The standard InChI is InChI=1S/C15H15Cl2F2N3O3/c1-3-25-14(24)9-5-4-6-10(16)15(9,17)20-13(23)8-7-22(2)21-11(8)12(18)19/h4-7,9,12H,3H2,1-2H3,(H,20,23). The number of esters is 1. The quantitative estimate of drug-likeness (QED) is 0.474. The number of carbonyl (C=O) groups excluding carboxylic acids is 2. The number of aromatic nitrogens is 2. The van der Waals surface area contributed by atoms with Crippen LogP contribution in [-0.4, -0.2) is 33.3 Å². The minimum atomic E-state index is -2.95. The number of nitrogens with zero attached hydrogens (tertiary/aromatic N) is 2. The van der Waals surface area contributed by atoms with E-state index in [0.717, 1.165) is 10.9 Å². The summed E-state index contributed by atoms with van der Waals surface area (Å²) in [6, 6.07) is 0. The number of alkyl halides is 3. The molecule has 1 amide bonds. The Balaban J connectivity index is 2.35. The predicted molar refractivity (Wildman–Crippen MR) is 87.4 cm³/mol. The lowest BCUT2D eigenvalue weighted by Gasteiger charge is -2.34. The fraction of sp³-hybridized carbons (Fsp3) is 0.400. The molecular weight excluding hydrogens is 379 g/mol. The zero-order valence-corrected chi connectivity index (χ0v) is 14.8. The van der Waals surface area contributed by atoms with Crippen LogP contribution in [0.2, 0.25) is 0 Å². The second-order valence-corrected chi connectivity index (χ2v) is 6.20. The van der Waals surface area contributed by atoms with Crippen molar-refractivity contribution in [2.45, 2.75) is 18.3 Å². The van der Waals surface area contributed by atoms with Gasteiger partial charge in [-0.15, -0.1) is 0 Å². The summed E-state index contributed by atoms with van der Waals surface area (Å²) >= 11 is 12.5. The molecule has 0 saturated heterocycles. The maximum absolute atomic E-state index is 13.0. The summed E-state index contributed by atoms with van der Waals surface area (Å²) in [5.41, 5.74) is -1.06. The highest BCUT2D eigenvalue weighted by Gasteiger charge is 2.47. The van der Waals surface area contributed by atoms with Gasteiger partial charge >= 0.3 is 5.97 Å². The molecule has 0 fully saturated rings. The molecule has 0 radical (unpaired) electrons. The summed E-state index contributed by atoms with van der Waals surface area (Å²) in [6.07, 6.45) is 2.47. The van der Waals surface area contributed by atoms with Crippen molar-refractivity contribution in [1.29, 1.82) is 0 Å². The van der Waals surface area contributed by atoms with E-state index in [0.29, 0.717) is 0 Å². The number of nitrogens with one attached hydrogen (secondary N) is 1. The molecule has 10 heteroatoms. The summed E-state index contributed by atoms with van der Waals surface area (Å²) in [5, 5.41) is 5.86. The highest BCUT2D eigenvalue weighted by Crippen LogP contribution is 2.38. The molecule has 1 aliphatic carbocycles. The molecule has 25 heavy (non-hydrogen) atoms. The number of ether oxygens (including phenoxy) is 1. The van der Waals surface area contributed by atoms with Gasteiger partial charge < -0.3 is 10.1 Å². The summed E-state index contributed by atoms with van der Waals surface area (Å²) in [5.74, 6) is -2.77. The topological polar surface area (TPSA) is 73.2 Å². The van der Waals surface area contributed by atoms with Crippen molar-refractivity contribution in [3.05, 3.63) is 40.7 Å². The van der Waals surface area contributed by atoms with Crippen LogP contribution >= 0.6 is 23.2 Å². The Morgan fingerprint density at radius 3 is 2.80 bits per heavy atom. The van der Waals surface area contributed by atoms with E-state index in [9.17, 15) is 18.4 Å².